The molecule has 3 aliphatic heterocycles. The number of anilines is 1. The summed E-state index contributed by atoms with van der Waals surface area (Å²) in [4.78, 5) is 17.8. The number of carbonyl (C=O) groups excluding carboxylic acids is 1. The highest BCUT2D eigenvalue weighted by Crippen LogP contribution is 2.31. The molecule has 0 aliphatic carbocycles. The Morgan fingerprint density at radius 1 is 1.31 bits per heavy atom. The van der Waals surface area contributed by atoms with Crippen LogP contribution in [-0.4, -0.2) is 36.7 Å². The summed E-state index contributed by atoms with van der Waals surface area (Å²) in [7, 11) is 0. The van der Waals surface area contributed by atoms with Gasteiger partial charge in [0.15, 0.2) is 0 Å². The van der Waals surface area contributed by atoms with E-state index in [2.05, 4.69) is 4.90 Å². The van der Waals surface area contributed by atoms with Crippen LogP contribution in [0.15, 0.2) is 35.7 Å². The summed E-state index contributed by atoms with van der Waals surface area (Å²) in [5.74, 6) is 0.0162. The van der Waals surface area contributed by atoms with Gasteiger partial charge in [-0.2, -0.15) is 0 Å². The van der Waals surface area contributed by atoms with E-state index in [0.717, 1.165) is 42.9 Å². The van der Waals surface area contributed by atoms with E-state index in [0.29, 0.717) is 12.5 Å². The standard InChI is InChI=1S/C20H23FN2O2S/c1-14-8-11-26-19(14)13-23(17-5-3-2-4-16(17)21)20(24)25-18-12-22-9-6-15(18)7-10-22/h2-5,8,11,15,18H,6-7,9-10,12-13H2,1H3/t18-/m0/s1. The molecule has 0 spiro atoms. The third kappa shape index (κ3) is 3.48. The molecule has 138 valence electrons. The topological polar surface area (TPSA) is 32.8 Å². The minimum atomic E-state index is -0.457. The highest BCUT2D eigenvalue weighted by Gasteiger charge is 2.37. The van der Waals surface area contributed by atoms with Crippen molar-refractivity contribution in [1.82, 2.24) is 4.90 Å². The third-order valence-electron chi connectivity index (χ3n) is 5.48. The summed E-state index contributed by atoms with van der Waals surface area (Å²) in [5.41, 5.74) is 1.37. The van der Waals surface area contributed by atoms with Gasteiger partial charge < -0.3 is 4.74 Å². The number of ether oxygens (including phenoxy) is 1. The predicted molar refractivity (Wildman–Crippen MR) is 101 cm³/mol. The molecule has 1 aromatic carbocycles. The van der Waals surface area contributed by atoms with Crippen LogP contribution in [-0.2, 0) is 11.3 Å². The number of halogens is 1. The molecule has 6 heteroatoms. The first-order valence-corrected chi connectivity index (χ1v) is 9.98. The van der Waals surface area contributed by atoms with Crippen LogP contribution in [0.25, 0.3) is 0 Å². The second kappa shape index (κ2) is 7.37. The van der Waals surface area contributed by atoms with Gasteiger partial charge in [-0.1, -0.05) is 12.1 Å². The Hall–Kier alpha value is -1.92. The highest BCUT2D eigenvalue weighted by molar-refractivity contribution is 7.10. The average Bonchev–Trinajstić information content (AvgIpc) is 3.06. The van der Waals surface area contributed by atoms with Gasteiger partial charge in [0.2, 0.25) is 0 Å². The molecule has 1 amide bonds. The molecule has 3 aliphatic rings. The van der Waals surface area contributed by atoms with E-state index < -0.39 is 11.9 Å². The summed E-state index contributed by atoms with van der Waals surface area (Å²) in [6, 6.07) is 8.40. The van der Waals surface area contributed by atoms with Gasteiger partial charge in [-0.3, -0.25) is 9.80 Å². The first-order chi connectivity index (χ1) is 12.6. The molecule has 2 aromatic rings. The molecular weight excluding hydrogens is 351 g/mol. The van der Waals surface area contributed by atoms with Crippen molar-refractivity contribution in [2.45, 2.75) is 32.4 Å². The lowest BCUT2D eigenvalue weighted by molar-refractivity contribution is -0.0311. The molecule has 5 rings (SSSR count). The monoisotopic (exact) mass is 374 g/mol. The van der Waals surface area contributed by atoms with Crippen molar-refractivity contribution in [2.24, 2.45) is 5.92 Å². The van der Waals surface area contributed by atoms with Crippen molar-refractivity contribution in [3.8, 4) is 0 Å². The highest BCUT2D eigenvalue weighted by atomic mass is 32.1. The zero-order valence-electron chi connectivity index (χ0n) is 14.9. The van der Waals surface area contributed by atoms with Gasteiger partial charge >= 0.3 is 6.09 Å². The molecular formula is C20H23FN2O2S. The zero-order valence-corrected chi connectivity index (χ0v) is 15.7. The van der Waals surface area contributed by atoms with Crippen LogP contribution in [0.2, 0.25) is 0 Å². The Bertz CT molecular complexity index is 786. The van der Waals surface area contributed by atoms with Crippen LogP contribution >= 0.6 is 11.3 Å². The third-order valence-corrected chi connectivity index (χ3v) is 6.49. The maximum Gasteiger partial charge on any atom is 0.415 e. The number of nitrogens with zero attached hydrogens (tertiary/aromatic N) is 2. The lowest BCUT2D eigenvalue weighted by Crippen LogP contribution is -2.53. The quantitative estimate of drug-likeness (QED) is 0.793. The molecule has 4 nitrogen and oxygen atoms in total. The van der Waals surface area contributed by atoms with E-state index in [1.807, 2.05) is 18.4 Å². The van der Waals surface area contributed by atoms with E-state index in [9.17, 15) is 9.18 Å². The lowest BCUT2D eigenvalue weighted by atomic mass is 9.86. The number of benzene rings is 1. The van der Waals surface area contributed by atoms with E-state index >= 15 is 0 Å². The van der Waals surface area contributed by atoms with Crippen LogP contribution < -0.4 is 4.90 Å². The fourth-order valence-corrected chi connectivity index (χ4v) is 4.76. The molecule has 0 N–H and O–H groups in total. The van der Waals surface area contributed by atoms with E-state index in [4.69, 9.17) is 4.74 Å². The molecule has 4 heterocycles. The maximum absolute atomic E-state index is 14.4. The van der Waals surface area contributed by atoms with E-state index in [1.54, 1.807) is 29.5 Å². The second-order valence-electron chi connectivity index (χ2n) is 7.12. The number of para-hydroxylation sites is 1. The van der Waals surface area contributed by atoms with Crippen molar-refractivity contribution in [1.29, 1.82) is 0 Å². The van der Waals surface area contributed by atoms with E-state index in [1.165, 1.54) is 11.0 Å². The predicted octanol–water partition coefficient (Wildman–Crippen LogP) is 4.43. The number of amides is 1. The molecule has 0 radical (unpaired) electrons. The van der Waals surface area contributed by atoms with Crippen LogP contribution in [0.5, 0.6) is 0 Å². The minimum absolute atomic E-state index is 0.0938. The van der Waals surface area contributed by atoms with Gasteiger partial charge in [-0.25, -0.2) is 9.18 Å². The largest absolute Gasteiger partial charge is 0.444 e. The number of piperidine rings is 3. The number of fused-ring (bicyclic) bond motifs is 3. The van der Waals surface area contributed by atoms with Crippen molar-refractivity contribution in [2.75, 3.05) is 24.5 Å². The Morgan fingerprint density at radius 2 is 2.08 bits per heavy atom. The van der Waals surface area contributed by atoms with Crippen molar-refractivity contribution >= 4 is 23.1 Å². The SMILES string of the molecule is Cc1ccsc1CN(C(=O)O[C@H]1CN2CCC1CC2)c1ccccc1F. The summed E-state index contributed by atoms with van der Waals surface area (Å²) in [6.45, 7) is 5.29. The number of rotatable bonds is 4. The first-order valence-electron chi connectivity index (χ1n) is 9.10. The van der Waals surface area contributed by atoms with Gasteiger partial charge in [0, 0.05) is 11.4 Å². The molecule has 0 saturated carbocycles. The van der Waals surface area contributed by atoms with Gasteiger partial charge in [0.1, 0.15) is 11.9 Å². The molecule has 3 fully saturated rings. The van der Waals surface area contributed by atoms with E-state index in [-0.39, 0.29) is 11.8 Å². The molecule has 0 unspecified atom stereocenters. The summed E-state index contributed by atoms with van der Waals surface area (Å²) in [6.07, 6.45) is 1.59. The Balaban J connectivity index is 1.57. The number of hydrogen-bond acceptors (Lipinski definition) is 4. The molecule has 2 bridgehead atoms. The number of carbonyl (C=O) groups is 1. The van der Waals surface area contributed by atoms with Gasteiger partial charge in [-0.15, -0.1) is 11.3 Å². The molecule has 1 atom stereocenters. The molecule has 1 aromatic heterocycles. The van der Waals surface area contributed by atoms with Crippen LogP contribution in [0.4, 0.5) is 14.9 Å². The average molecular weight is 374 g/mol. The molecule has 3 saturated heterocycles. The first kappa shape index (κ1) is 17.5. The summed E-state index contributed by atoms with van der Waals surface area (Å²) >= 11 is 1.57. The van der Waals surface area contributed by atoms with Crippen LogP contribution in [0.3, 0.4) is 0 Å². The lowest BCUT2D eigenvalue weighted by Gasteiger charge is -2.44. The Labute approximate surface area is 157 Å². The smallest absolute Gasteiger partial charge is 0.415 e. The van der Waals surface area contributed by atoms with Crippen molar-refractivity contribution in [3.63, 3.8) is 0 Å². The van der Waals surface area contributed by atoms with Gasteiger partial charge in [0.25, 0.3) is 0 Å². The molecule has 26 heavy (non-hydrogen) atoms. The van der Waals surface area contributed by atoms with Crippen LogP contribution in [0.1, 0.15) is 23.3 Å². The fourth-order valence-electron chi connectivity index (χ4n) is 3.87. The fraction of sp³-hybridized carbons (Fsp3) is 0.450. The normalized spacial score (nSPS) is 24.5. The van der Waals surface area contributed by atoms with Crippen LogP contribution in [0, 0.1) is 18.7 Å². The Morgan fingerprint density at radius 3 is 2.69 bits per heavy atom. The van der Waals surface area contributed by atoms with Gasteiger partial charge in [0.05, 0.1) is 12.2 Å². The second-order valence-corrected chi connectivity index (χ2v) is 8.13. The maximum atomic E-state index is 14.4. The summed E-state index contributed by atoms with van der Waals surface area (Å²) < 4.78 is 20.3. The van der Waals surface area contributed by atoms with Crippen molar-refractivity contribution in [3.05, 3.63) is 52.0 Å². The minimum Gasteiger partial charge on any atom is -0.444 e. The number of hydrogen-bond donors (Lipinski definition) is 0. The number of aryl methyl sites for hydroxylation is 1. The zero-order chi connectivity index (χ0) is 18.1. The summed E-state index contributed by atoms with van der Waals surface area (Å²) in [5, 5.41) is 1.99. The number of thiophene rings is 1. The van der Waals surface area contributed by atoms with Crippen molar-refractivity contribution < 1.29 is 13.9 Å². The van der Waals surface area contributed by atoms with Gasteiger partial charge in [-0.05, 0) is 67.9 Å². The Kier molecular flexibility index (Phi) is 4.96.